The lowest BCUT2D eigenvalue weighted by Gasteiger charge is -2.12. The van der Waals surface area contributed by atoms with Gasteiger partial charge >= 0.3 is 6.03 Å². The minimum absolute atomic E-state index is 0.0456. The summed E-state index contributed by atoms with van der Waals surface area (Å²) < 4.78 is 5.45. The van der Waals surface area contributed by atoms with Gasteiger partial charge in [-0.05, 0) is 30.2 Å². The number of benzene rings is 2. The molecule has 3 N–H and O–H groups in total. The molecule has 0 radical (unpaired) electrons. The Labute approximate surface area is 136 Å². The Morgan fingerprint density at radius 3 is 2.78 bits per heavy atom. The van der Waals surface area contributed by atoms with Crippen molar-refractivity contribution in [3.05, 3.63) is 59.7 Å². The molecule has 0 bridgehead atoms. The van der Waals surface area contributed by atoms with Crippen molar-refractivity contribution in [2.45, 2.75) is 19.9 Å². The van der Waals surface area contributed by atoms with Crippen molar-refractivity contribution in [2.75, 3.05) is 18.5 Å². The van der Waals surface area contributed by atoms with Crippen molar-refractivity contribution >= 4 is 11.7 Å². The highest BCUT2D eigenvalue weighted by molar-refractivity contribution is 5.89. The van der Waals surface area contributed by atoms with E-state index in [-0.39, 0.29) is 19.2 Å². The van der Waals surface area contributed by atoms with E-state index in [2.05, 4.69) is 17.6 Å². The standard InChI is InChI=1S/C18H22N2O3/c1-2-14-6-5-8-16(12-14)20-18(22)19-13-15-7-3-4-9-17(15)23-11-10-21/h3-9,12,21H,2,10-11,13H2,1H3,(H2,19,20,22). The van der Waals surface area contributed by atoms with Crippen LogP contribution in [0.25, 0.3) is 0 Å². The third-order valence-corrected chi connectivity index (χ3v) is 3.35. The number of anilines is 1. The smallest absolute Gasteiger partial charge is 0.319 e. The van der Waals surface area contributed by atoms with Gasteiger partial charge in [-0.3, -0.25) is 0 Å². The summed E-state index contributed by atoms with van der Waals surface area (Å²) >= 11 is 0. The predicted octanol–water partition coefficient (Wildman–Crippen LogP) is 2.94. The zero-order valence-electron chi connectivity index (χ0n) is 13.2. The number of hydrogen-bond acceptors (Lipinski definition) is 3. The van der Waals surface area contributed by atoms with Gasteiger partial charge in [-0.15, -0.1) is 0 Å². The molecule has 0 aliphatic rings. The van der Waals surface area contributed by atoms with Crippen LogP contribution in [0.2, 0.25) is 0 Å². The number of aryl methyl sites for hydroxylation is 1. The second kappa shape index (κ2) is 8.80. The lowest BCUT2D eigenvalue weighted by molar-refractivity contribution is 0.200. The van der Waals surface area contributed by atoms with Crippen molar-refractivity contribution in [3.8, 4) is 5.75 Å². The summed E-state index contributed by atoms with van der Waals surface area (Å²) in [5.74, 6) is 0.662. The maximum absolute atomic E-state index is 12.0. The summed E-state index contributed by atoms with van der Waals surface area (Å²) in [6, 6.07) is 14.9. The van der Waals surface area contributed by atoms with Crippen molar-refractivity contribution in [1.82, 2.24) is 5.32 Å². The summed E-state index contributed by atoms with van der Waals surface area (Å²) in [5.41, 5.74) is 2.80. The van der Waals surface area contributed by atoms with E-state index >= 15 is 0 Å². The Hall–Kier alpha value is -2.53. The van der Waals surface area contributed by atoms with Gasteiger partial charge in [0.1, 0.15) is 12.4 Å². The number of carbonyl (C=O) groups excluding carboxylic acids is 1. The third kappa shape index (κ3) is 5.30. The molecule has 2 aromatic rings. The van der Waals surface area contributed by atoms with Crippen LogP contribution in [0.5, 0.6) is 5.75 Å². The van der Waals surface area contributed by atoms with E-state index in [1.165, 1.54) is 5.56 Å². The molecule has 122 valence electrons. The number of hydrogen-bond donors (Lipinski definition) is 3. The Morgan fingerprint density at radius 1 is 1.17 bits per heavy atom. The number of carbonyl (C=O) groups is 1. The Kier molecular flexibility index (Phi) is 6.44. The highest BCUT2D eigenvalue weighted by Crippen LogP contribution is 2.17. The summed E-state index contributed by atoms with van der Waals surface area (Å²) in [7, 11) is 0. The molecule has 0 aliphatic heterocycles. The van der Waals surface area contributed by atoms with Gasteiger partial charge in [0.25, 0.3) is 0 Å². The van der Waals surface area contributed by atoms with Crippen molar-refractivity contribution in [3.63, 3.8) is 0 Å². The zero-order chi connectivity index (χ0) is 16.5. The molecular formula is C18H22N2O3. The lowest BCUT2D eigenvalue weighted by Crippen LogP contribution is -2.28. The summed E-state index contributed by atoms with van der Waals surface area (Å²) in [6.07, 6.45) is 0.923. The molecule has 0 saturated carbocycles. The van der Waals surface area contributed by atoms with Gasteiger partial charge < -0.3 is 20.5 Å². The van der Waals surface area contributed by atoms with Gasteiger partial charge in [-0.25, -0.2) is 4.79 Å². The Balaban J connectivity index is 1.91. The first-order valence-corrected chi connectivity index (χ1v) is 7.68. The van der Waals surface area contributed by atoms with Crippen LogP contribution < -0.4 is 15.4 Å². The van der Waals surface area contributed by atoms with Crippen LogP contribution >= 0.6 is 0 Å². The van der Waals surface area contributed by atoms with E-state index in [9.17, 15) is 4.79 Å². The number of rotatable bonds is 7. The van der Waals surface area contributed by atoms with Crippen molar-refractivity contribution < 1.29 is 14.6 Å². The molecule has 0 spiro atoms. The second-order valence-corrected chi connectivity index (χ2v) is 5.04. The number of ether oxygens (including phenoxy) is 1. The first-order chi connectivity index (χ1) is 11.2. The lowest BCUT2D eigenvalue weighted by atomic mass is 10.1. The van der Waals surface area contributed by atoms with Gasteiger partial charge in [-0.1, -0.05) is 37.3 Å². The van der Waals surface area contributed by atoms with Gasteiger partial charge in [-0.2, -0.15) is 0 Å². The van der Waals surface area contributed by atoms with Gasteiger partial charge in [0, 0.05) is 17.8 Å². The monoisotopic (exact) mass is 314 g/mol. The number of urea groups is 1. The minimum atomic E-state index is -0.268. The van der Waals surface area contributed by atoms with Crippen molar-refractivity contribution in [1.29, 1.82) is 0 Å². The number of aliphatic hydroxyl groups excluding tert-OH is 1. The molecule has 0 atom stereocenters. The molecule has 0 aromatic heterocycles. The van der Waals surface area contributed by atoms with Crippen LogP contribution in [0.1, 0.15) is 18.1 Å². The molecule has 2 amide bonds. The molecule has 23 heavy (non-hydrogen) atoms. The van der Waals surface area contributed by atoms with E-state index in [4.69, 9.17) is 9.84 Å². The first-order valence-electron chi connectivity index (χ1n) is 7.68. The zero-order valence-corrected chi connectivity index (χ0v) is 13.2. The first kappa shape index (κ1) is 16.8. The summed E-state index contributed by atoms with van der Waals surface area (Å²) in [4.78, 5) is 12.0. The van der Waals surface area contributed by atoms with Gasteiger partial charge in [0.15, 0.2) is 0 Å². The molecule has 0 heterocycles. The quantitative estimate of drug-likeness (QED) is 0.736. The van der Waals surface area contributed by atoms with Crippen LogP contribution in [-0.2, 0) is 13.0 Å². The largest absolute Gasteiger partial charge is 0.491 e. The second-order valence-electron chi connectivity index (χ2n) is 5.04. The maximum Gasteiger partial charge on any atom is 0.319 e. The highest BCUT2D eigenvalue weighted by Gasteiger charge is 2.06. The third-order valence-electron chi connectivity index (χ3n) is 3.35. The molecule has 0 fully saturated rings. The number of amides is 2. The minimum Gasteiger partial charge on any atom is -0.491 e. The Bertz CT molecular complexity index is 644. The predicted molar refractivity (Wildman–Crippen MR) is 90.7 cm³/mol. The number of para-hydroxylation sites is 1. The molecule has 2 aromatic carbocycles. The van der Waals surface area contributed by atoms with E-state index in [0.29, 0.717) is 12.3 Å². The van der Waals surface area contributed by atoms with E-state index in [1.54, 1.807) is 0 Å². The van der Waals surface area contributed by atoms with E-state index < -0.39 is 0 Å². The molecular weight excluding hydrogens is 292 g/mol. The fourth-order valence-corrected chi connectivity index (χ4v) is 2.17. The van der Waals surface area contributed by atoms with Crippen LogP contribution in [0.15, 0.2) is 48.5 Å². The molecule has 5 heteroatoms. The van der Waals surface area contributed by atoms with E-state index in [1.807, 2.05) is 48.5 Å². The van der Waals surface area contributed by atoms with Gasteiger partial charge in [0.05, 0.1) is 6.61 Å². The fraction of sp³-hybridized carbons (Fsp3) is 0.278. The number of nitrogens with one attached hydrogen (secondary N) is 2. The van der Waals surface area contributed by atoms with E-state index in [0.717, 1.165) is 17.7 Å². The summed E-state index contributed by atoms with van der Waals surface area (Å²) in [5, 5.41) is 14.5. The molecule has 0 saturated heterocycles. The number of aliphatic hydroxyl groups is 1. The molecule has 2 rings (SSSR count). The fourth-order valence-electron chi connectivity index (χ4n) is 2.17. The van der Waals surface area contributed by atoms with Crippen LogP contribution in [-0.4, -0.2) is 24.4 Å². The normalized spacial score (nSPS) is 10.2. The average Bonchev–Trinajstić information content (AvgIpc) is 2.59. The maximum atomic E-state index is 12.0. The van der Waals surface area contributed by atoms with Gasteiger partial charge in [0.2, 0.25) is 0 Å². The average molecular weight is 314 g/mol. The highest BCUT2D eigenvalue weighted by atomic mass is 16.5. The Morgan fingerprint density at radius 2 is 2.00 bits per heavy atom. The summed E-state index contributed by atoms with van der Waals surface area (Å²) in [6.45, 7) is 2.60. The van der Waals surface area contributed by atoms with Crippen LogP contribution in [0, 0.1) is 0 Å². The molecule has 5 nitrogen and oxygen atoms in total. The van der Waals surface area contributed by atoms with Crippen LogP contribution in [0.4, 0.5) is 10.5 Å². The molecule has 0 aliphatic carbocycles. The SMILES string of the molecule is CCc1cccc(NC(=O)NCc2ccccc2OCCO)c1. The molecule has 0 unspecified atom stereocenters. The topological polar surface area (TPSA) is 70.6 Å². The van der Waals surface area contributed by atoms with Crippen LogP contribution in [0.3, 0.4) is 0 Å². The van der Waals surface area contributed by atoms with Crippen molar-refractivity contribution in [2.24, 2.45) is 0 Å².